The molecule has 0 fully saturated rings. The topological polar surface area (TPSA) is 85.4 Å². The number of hydrogen-bond donors (Lipinski definition) is 1. The molecule has 10 heteroatoms. The molecule has 1 aromatic carbocycles. The summed E-state index contributed by atoms with van der Waals surface area (Å²) < 4.78 is 67.3. The zero-order valence-electron chi connectivity index (χ0n) is 14.2. The lowest BCUT2D eigenvalue weighted by Gasteiger charge is -2.12. The van der Waals surface area contributed by atoms with Crippen molar-refractivity contribution in [2.24, 2.45) is 0 Å². The minimum Gasteiger partial charge on any atom is -0.481 e. The van der Waals surface area contributed by atoms with Crippen molar-refractivity contribution in [3.63, 3.8) is 0 Å². The number of carbonyl (C=O) groups is 1. The molecular weight excluding hydrogens is 385 g/mol. The molecule has 0 saturated heterocycles. The van der Waals surface area contributed by atoms with Gasteiger partial charge in [-0.2, -0.15) is 13.2 Å². The van der Waals surface area contributed by atoms with E-state index >= 15 is 0 Å². The van der Waals surface area contributed by atoms with Crippen molar-refractivity contribution in [2.45, 2.75) is 6.18 Å². The van der Waals surface area contributed by atoms with Gasteiger partial charge >= 0.3 is 6.18 Å². The molecule has 0 aliphatic rings. The minimum absolute atomic E-state index is 0.105. The summed E-state index contributed by atoms with van der Waals surface area (Å²) in [6.45, 7) is 0. The first kappa shape index (κ1) is 20.4. The van der Waals surface area contributed by atoms with Gasteiger partial charge < -0.3 is 10.1 Å². The molecule has 0 bridgehead atoms. The molecule has 0 unspecified atom stereocenters. The van der Waals surface area contributed by atoms with Crippen molar-refractivity contribution in [3.05, 3.63) is 64.8 Å². The Hall–Kier alpha value is -2.88. The molecule has 0 aliphatic carbocycles. The molecule has 144 valence electrons. The van der Waals surface area contributed by atoms with Crippen molar-refractivity contribution in [3.8, 4) is 5.88 Å². The summed E-state index contributed by atoms with van der Waals surface area (Å²) in [7, 11) is -2.58. The Kier molecular flexibility index (Phi) is 5.89. The number of anilines is 1. The Bertz CT molecular complexity index is 986. The molecule has 1 aromatic heterocycles. The Balaban J connectivity index is 2.39. The molecule has 0 aliphatic heterocycles. The van der Waals surface area contributed by atoms with Gasteiger partial charge in [0.15, 0.2) is 15.6 Å². The van der Waals surface area contributed by atoms with E-state index in [-0.39, 0.29) is 17.1 Å². The molecule has 6 nitrogen and oxygen atoms in total. The van der Waals surface area contributed by atoms with E-state index in [0.717, 1.165) is 30.5 Å². The van der Waals surface area contributed by atoms with Crippen molar-refractivity contribution in [1.82, 2.24) is 4.98 Å². The van der Waals surface area contributed by atoms with Crippen LogP contribution in [0.3, 0.4) is 0 Å². The monoisotopic (exact) mass is 400 g/mol. The molecule has 0 saturated carbocycles. The summed E-state index contributed by atoms with van der Waals surface area (Å²) in [5.41, 5.74) is -0.971. The molecule has 2 aromatic rings. The van der Waals surface area contributed by atoms with Crippen LogP contribution in [0.25, 0.3) is 0 Å². The summed E-state index contributed by atoms with van der Waals surface area (Å²) in [5.74, 6) is -0.531. The average Bonchev–Trinajstić information content (AvgIpc) is 2.60. The highest BCUT2D eigenvalue weighted by molar-refractivity contribution is 7.94. The fourth-order valence-corrected chi connectivity index (χ4v) is 2.65. The van der Waals surface area contributed by atoms with E-state index in [4.69, 9.17) is 4.74 Å². The first-order valence-electron chi connectivity index (χ1n) is 7.41. The maximum Gasteiger partial charge on any atom is 0.416 e. The number of alkyl halides is 3. The highest BCUT2D eigenvalue weighted by Gasteiger charge is 2.30. The van der Waals surface area contributed by atoms with Crippen LogP contribution in [0.4, 0.5) is 18.9 Å². The number of sulfone groups is 1. The highest BCUT2D eigenvalue weighted by Crippen LogP contribution is 2.31. The van der Waals surface area contributed by atoms with E-state index < -0.39 is 32.4 Å². The second-order valence-corrected chi connectivity index (χ2v) is 7.42. The highest BCUT2D eigenvalue weighted by atomic mass is 32.2. The summed E-state index contributed by atoms with van der Waals surface area (Å²) >= 11 is 0. The zero-order chi connectivity index (χ0) is 20.2. The fourth-order valence-electron chi connectivity index (χ4n) is 2.03. The van der Waals surface area contributed by atoms with Gasteiger partial charge in [0, 0.05) is 35.8 Å². The Morgan fingerprint density at radius 1 is 1.22 bits per heavy atom. The van der Waals surface area contributed by atoms with Crippen LogP contribution in [-0.2, 0) is 16.0 Å². The van der Waals surface area contributed by atoms with Crippen LogP contribution in [0.15, 0.2) is 53.7 Å². The number of benzene rings is 1. The largest absolute Gasteiger partial charge is 0.481 e. The van der Waals surface area contributed by atoms with Gasteiger partial charge in [-0.05, 0) is 24.3 Å². The minimum atomic E-state index is -4.59. The first-order valence-corrected chi connectivity index (χ1v) is 9.30. The Morgan fingerprint density at radius 2 is 1.93 bits per heavy atom. The quantitative estimate of drug-likeness (QED) is 0.592. The number of nitrogens with one attached hydrogen (secondary N) is 1. The summed E-state index contributed by atoms with van der Waals surface area (Å²) in [4.78, 5) is 16.2. The molecule has 0 atom stereocenters. The number of hydrogen-bond acceptors (Lipinski definition) is 6. The smallest absolute Gasteiger partial charge is 0.416 e. The maximum absolute atomic E-state index is 12.8. The van der Waals surface area contributed by atoms with Gasteiger partial charge in [0.25, 0.3) is 0 Å². The second-order valence-electron chi connectivity index (χ2n) is 5.44. The van der Waals surface area contributed by atoms with Crippen LogP contribution in [0.2, 0.25) is 0 Å². The zero-order valence-corrected chi connectivity index (χ0v) is 15.1. The Labute approximate surface area is 153 Å². The third-order valence-corrected chi connectivity index (χ3v) is 4.37. The van der Waals surface area contributed by atoms with Crippen LogP contribution in [0.5, 0.6) is 5.88 Å². The van der Waals surface area contributed by atoms with Crippen LogP contribution in [-0.4, -0.2) is 32.6 Å². The van der Waals surface area contributed by atoms with E-state index in [9.17, 15) is 26.4 Å². The van der Waals surface area contributed by atoms with Crippen LogP contribution in [0, 0.1) is 0 Å². The van der Waals surface area contributed by atoms with E-state index in [1.807, 2.05) is 0 Å². The van der Waals surface area contributed by atoms with E-state index in [1.165, 1.54) is 31.5 Å². The Morgan fingerprint density at radius 3 is 2.52 bits per heavy atom. The number of pyridine rings is 1. The standard InChI is InChI=1S/C17H15F3N2O4S/c1-26-15-8-11(6-7-21-15)14(23)10-16(27(2,24)25)22-13-5-3-4-12(9-13)17(18,19)20/h3-10,22H,1-2H3/b16-10-. The number of ketones is 1. The van der Waals surface area contributed by atoms with Gasteiger partial charge in [0.1, 0.15) is 5.03 Å². The molecular formula is C17H15F3N2O4S. The molecule has 1 N–H and O–H groups in total. The summed E-state index contributed by atoms with van der Waals surface area (Å²) in [6.07, 6.45) is -1.65. The second kappa shape index (κ2) is 7.78. The van der Waals surface area contributed by atoms with Gasteiger partial charge in [-0.25, -0.2) is 13.4 Å². The molecule has 1 heterocycles. The normalized spacial score (nSPS) is 12.6. The number of halogens is 3. The molecule has 2 rings (SSSR count). The molecule has 27 heavy (non-hydrogen) atoms. The number of ether oxygens (including phenoxy) is 1. The average molecular weight is 400 g/mol. The SMILES string of the molecule is COc1cc(C(=O)/C=C(/Nc2cccc(C(F)(F)F)c2)S(C)(=O)=O)ccn1. The first-order chi connectivity index (χ1) is 12.5. The third kappa shape index (κ3) is 5.55. The van der Waals surface area contributed by atoms with E-state index in [0.29, 0.717) is 0 Å². The summed E-state index contributed by atoms with van der Waals surface area (Å²) in [5, 5.41) is 1.83. The van der Waals surface area contributed by atoms with Crippen molar-refractivity contribution < 1.29 is 31.1 Å². The maximum atomic E-state index is 12.8. The predicted octanol–water partition coefficient (Wildman–Crippen LogP) is 3.29. The van der Waals surface area contributed by atoms with Crippen LogP contribution >= 0.6 is 0 Å². The van der Waals surface area contributed by atoms with Crippen LogP contribution < -0.4 is 10.1 Å². The van der Waals surface area contributed by atoms with Gasteiger partial charge in [0.2, 0.25) is 5.88 Å². The number of allylic oxidation sites excluding steroid dienone is 1. The molecule has 0 amide bonds. The van der Waals surface area contributed by atoms with E-state index in [1.54, 1.807) is 0 Å². The van der Waals surface area contributed by atoms with Gasteiger partial charge in [-0.15, -0.1) is 0 Å². The fraction of sp³-hybridized carbons (Fsp3) is 0.176. The summed E-state index contributed by atoms with van der Waals surface area (Å²) in [6, 6.07) is 6.64. The number of aromatic nitrogens is 1. The van der Waals surface area contributed by atoms with Crippen molar-refractivity contribution >= 4 is 21.3 Å². The lowest BCUT2D eigenvalue weighted by atomic mass is 10.1. The number of rotatable bonds is 6. The lowest BCUT2D eigenvalue weighted by Crippen LogP contribution is -2.14. The van der Waals surface area contributed by atoms with Gasteiger partial charge in [-0.1, -0.05) is 6.07 Å². The number of methoxy groups -OCH3 is 1. The van der Waals surface area contributed by atoms with Gasteiger partial charge in [0.05, 0.1) is 12.7 Å². The number of carbonyl (C=O) groups excluding carboxylic acids is 1. The van der Waals surface area contributed by atoms with Crippen molar-refractivity contribution in [1.29, 1.82) is 0 Å². The predicted molar refractivity (Wildman–Crippen MR) is 93.1 cm³/mol. The van der Waals surface area contributed by atoms with Crippen molar-refractivity contribution in [2.75, 3.05) is 18.7 Å². The van der Waals surface area contributed by atoms with E-state index in [2.05, 4.69) is 10.3 Å². The van der Waals surface area contributed by atoms with Crippen LogP contribution in [0.1, 0.15) is 15.9 Å². The van der Waals surface area contributed by atoms with Gasteiger partial charge in [-0.3, -0.25) is 4.79 Å². The third-order valence-electron chi connectivity index (χ3n) is 3.35. The molecule has 0 radical (unpaired) electrons. The lowest BCUT2D eigenvalue weighted by molar-refractivity contribution is -0.137. The number of nitrogens with zero attached hydrogens (tertiary/aromatic N) is 1. The molecule has 0 spiro atoms.